The van der Waals surface area contributed by atoms with Crippen molar-refractivity contribution >= 4 is 11.3 Å². The number of ether oxygens (including phenoxy) is 1. The molecule has 0 N–H and O–H groups in total. The van der Waals surface area contributed by atoms with E-state index in [0.29, 0.717) is 12.1 Å². The van der Waals surface area contributed by atoms with Crippen LogP contribution in [0.2, 0.25) is 0 Å². The second-order valence-electron chi connectivity index (χ2n) is 9.79. The van der Waals surface area contributed by atoms with Gasteiger partial charge in [-0.1, -0.05) is 39.8 Å². The Hall–Kier alpha value is -3.33. The lowest BCUT2D eigenvalue weighted by Crippen LogP contribution is -2.36. The number of aromatic nitrogens is 3. The van der Waals surface area contributed by atoms with E-state index in [4.69, 9.17) is 9.72 Å². The number of rotatable bonds is 14. The first-order chi connectivity index (χ1) is 19.5. The van der Waals surface area contributed by atoms with E-state index in [-0.39, 0.29) is 5.56 Å². The molecule has 3 heterocycles. The van der Waals surface area contributed by atoms with Crippen molar-refractivity contribution in [2.75, 3.05) is 39.8 Å². The quantitative estimate of drug-likeness (QED) is 0.194. The number of benzene rings is 1. The van der Waals surface area contributed by atoms with Crippen LogP contribution in [0.1, 0.15) is 44.5 Å². The van der Waals surface area contributed by atoms with E-state index < -0.39 is 0 Å². The van der Waals surface area contributed by atoms with E-state index in [2.05, 4.69) is 48.5 Å². The van der Waals surface area contributed by atoms with Gasteiger partial charge in [0.05, 0.1) is 24.9 Å². The van der Waals surface area contributed by atoms with Gasteiger partial charge >= 0.3 is 0 Å². The Morgan fingerprint density at radius 2 is 1.60 bits per heavy atom. The Balaban J connectivity index is 1.77. The molecule has 212 valence electrons. The predicted octanol–water partition coefficient (Wildman–Crippen LogP) is 5.82. The molecule has 0 radical (unpaired) electrons. The zero-order valence-corrected chi connectivity index (χ0v) is 25.2. The molecule has 0 aliphatic carbocycles. The van der Waals surface area contributed by atoms with Crippen molar-refractivity contribution in [3.05, 3.63) is 87.4 Å². The first-order valence-electron chi connectivity index (χ1n) is 14.2. The third kappa shape index (κ3) is 7.05. The highest BCUT2D eigenvalue weighted by Crippen LogP contribution is 2.29. The molecule has 1 aromatic carbocycles. The van der Waals surface area contributed by atoms with Crippen LogP contribution in [0, 0.1) is 0 Å². The van der Waals surface area contributed by atoms with Gasteiger partial charge in [0, 0.05) is 48.7 Å². The van der Waals surface area contributed by atoms with Gasteiger partial charge in [0.1, 0.15) is 10.8 Å². The number of hydrogen-bond donors (Lipinski definition) is 0. The molecular weight excluding hydrogens is 518 g/mol. The molecule has 0 amide bonds. The zero-order chi connectivity index (χ0) is 28.5. The Morgan fingerprint density at radius 3 is 2.23 bits per heavy atom. The van der Waals surface area contributed by atoms with E-state index in [0.717, 1.165) is 79.0 Å². The summed E-state index contributed by atoms with van der Waals surface area (Å²) in [5.41, 5.74) is 5.70. The first kappa shape index (κ1) is 29.6. The third-order valence-corrected chi connectivity index (χ3v) is 8.39. The van der Waals surface area contributed by atoms with Crippen molar-refractivity contribution in [1.82, 2.24) is 24.3 Å². The van der Waals surface area contributed by atoms with Crippen molar-refractivity contribution in [1.29, 1.82) is 0 Å². The van der Waals surface area contributed by atoms with Crippen molar-refractivity contribution in [2.45, 2.75) is 47.2 Å². The number of hydrogen-bond acceptors (Lipinski definition) is 7. The second kappa shape index (κ2) is 14.3. The SMILES string of the molecule is CCc1c(CN(CC)CCN(CC)CC)cc(-c2csc(-c3ccncc3)n2)c(=O)n1Cc1ccc(OC)cc1. The van der Waals surface area contributed by atoms with Gasteiger partial charge in [0.2, 0.25) is 0 Å². The molecule has 0 aliphatic rings. The van der Waals surface area contributed by atoms with E-state index >= 15 is 0 Å². The highest BCUT2D eigenvalue weighted by atomic mass is 32.1. The van der Waals surface area contributed by atoms with Gasteiger partial charge in [-0.15, -0.1) is 11.3 Å². The molecule has 0 aliphatic heterocycles. The molecule has 4 rings (SSSR count). The molecule has 4 aromatic rings. The molecule has 0 atom stereocenters. The van der Waals surface area contributed by atoms with Gasteiger partial charge in [-0.3, -0.25) is 14.7 Å². The van der Waals surface area contributed by atoms with Crippen molar-refractivity contribution in [3.63, 3.8) is 0 Å². The van der Waals surface area contributed by atoms with Gasteiger partial charge < -0.3 is 14.2 Å². The molecule has 0 bridgehead atoms. The van der Waals surface area contributed by atoms with E-state index in [1.54, 1.807) is 30.8 Å². The summed E-state index contributed by atoms with van der Waals surface area (Å²) in [6, 6.07) is 14.0. The Kier molecular flexibility index (Phi) is 10.6. The summed E-state index contributed by atoms with van der Waals surface area (Å²) in [4.78, 5) is 28.0. The molecule has 0 saturated carbocycles. The normalized spacial score (nSPS) is 11.5. The van der Waals surface area contributed by atoms with Crippen LogP contribution < -0.4 is 10.3 Å². The van der Waals surface area contributed by atoms with Crippen LogP contribution in [0.25, 0.3) is 21.8 Å². The van der Waals surface area contributed by atoms with Gasteiger partial charge in [0.15, 0.2) is 0 Å². The molecule has 7 nitrogen and oxygen atoms in total. The Bertz CT molecular complexity index is 1410. The third-order valence-electron chi connectivity index (χ3n) is 7.50. The fourth-order valence-corrected chi connectivity index (χ4v) is 5.84. The smallest absolute Gasteiger partial charge is 0.260 e. The maximum absolute atomic E-state index is 14.1. The fraction of sp³-hybridized carbons (Fsp3) is 0.406. The summed E-state index contributed by atoms with van der Waals surface area (Å²) in [6.07, 6.45) is 4.31. The average Bonchev–Trinajstić information content (AvgIpc) is 3.49. The van der Waals surface area contributed by atoms with Gasteiger partial charge in [0.25, 0.3) is 5.56 Å². The molecule has 3 aromatic heterocycles. The number of likely N-dealkylation sites (N-methyl/N-ethyl adjacent to an activating group) is 2. The first-order valence-corrected chi connectivity index (χ1v) is 15.1. The predicted molar refractivity (Wildman–Crippen MR) is 165 cm³/mol. The number of pyridine rings is 2. The lowest BCUT2D eigenvalue weighted by molar-refractivity contribution is 0.214. The molecule has 8 heteroatoms. The van der Waals surface area contributed by atoms with Crippen LogP contribution in [-0.2, 0) is 19.5 Å². The monoisotopic (exact) mass is 559 g/mol. The highest BCUT2D eigenvalue weighted by molar-refractivity contribution is 7.13. The van der Waals surface area contributed by atoms with E-state index in [1.165, 1.54) is 5.56 Å². The summed E-state index contributed by atoms with van der Waals surface area (Å²) in [6.45, 7) is 15.1. The summed E-state index contributed by atoms with van der Waals surface area (Å²) in [5.74, 6) is 0.805. The van der Waals surface area contributed by atoms with Gasteiger partial charge in [-0.2, -0.15) is 0 Å². The molecular formula is C32H41N5O2S. The number of thiazole rings is 1. The van der Waals surface area contributed by atoms with Crippen LogP contribution in [0.4, 0.5) is 0 Å². The van der Waals surface area contributed by atoms with Crippen molar-refractivity contribution in [3.8, 4) is 27.6 Å². The standard InChI is InChI=1S/C32H41N5O2S/c1-6-30-26(22-36(9-4)19-18-35(7-2)8-3)20-28(29-23-40-31(34-29)25-14-16-33-17-15-25)32(38)37(30)21-24-10-12-27(39-5)13-11-24/h10-17,20,23H,6-9,18-19,21-22H2,1-5H3. The van der Waals surface area contributed by atoms with E-state index in [1.807, 2.05) is 46.3 Å². The molecule has 0 saturated heterocycles. The second-order valence-corrected chi connectivity index (χ2v) is 10.7. The van der Waals surface area contributed by atoms with E-state index in [9.17, 15) is 4.79 Å². The summed E-state index contributed by atoms with van der Waals surface area (Å²) in [5, 5.41) is 2.88. The summed E-state index contributed by atoms with van der Waals surface area (Å²) >= 11 is 1.55. The molecule has 0 unspecified atom stereocenters. The minimum atomic E-state index is -0.00538. The van der Waals surface area contributed by atoms with Crippen LogP contribution in [0.5, 0.6) is 5.75 Å². The largest absolute Gasteiger partial charge is 0.497 e. The lowest BCUT2D eigenvalue weighted by atomic mass is 10.0. The highest BCUT2D eigenvalue weighted by Gasteiger charge is 2.19. The summed E-state index contributed by atoms with van der Waals surface area (Å²) in [7, 11) is 1.66. The summed E-state index contributed by atoms with van der Waals surface area (Å²) < 4.78 is 7.30. The van der Waals surface area contributed by atoms with Crippen LogP contribution in [-0.4, -0.2) is 64.2 Å². The minimum absolute atomic E-state index is 0.00538. The molecule has 0 fully saturated rings. The maximum Gasteiger partial charge on any atom is 0.260 e. The average molecular weight is 560 g/mol. The van der Waals surface area contributed by atoms with Crippen LogP contribution in [0.15, 0.2) is 65.0 Å². The fourth-order valence-electron chi connectivity index (χ4n) is 5.02. The Morgan fingerprint density at radius 1 is 0.925 bits per heavy atom. The Labute approximate surface area is 242 Å². The molecule has 0 spiro atoms. The van der Waals surface area contributed by atoms with Crippen molar-refractivity contribution in [2.24, 2.45) is 0 Å². The zero-order valence-electron chi connectivity index (χ0n) is 24.4. The minimum Gasteiger partial charge on any atom is -0.497 e. The van der Waals surface area contributed by atoms with Crippen molar-refractivity contribution < 1.29 is 4.74 Å². The van der Waals surface area contributed by atoms with Gasteiger partial charge in [-0.25, -0.2) is 4.98 Å². The number of nitrogens with zero attached hydrogens (tertiary/aromatic N) is 5. The van der Waals surface area contributed by atoms with Crippen LogP contribution >= 0.6 is 11.3 Å². The van der Waals surface area contributed by atoms with Gasteiger partial charge in [-0.05, 0) is 67.5 Å². The van der Waals surface area contributed by atoms with Crippen LogP contribution in [0.3, 0.4) is 0 Å². The topological polar surface area (TPSA) is 63.5 Å². The number of methoxy groups -OCH3 is 1. The lowest BCUT2D eigenvalue weighted by Gasteiger charge is -2.27. The maximum atomic E-state index is 14.1. The molecule has 40 heavy (non-hydrogen) atoms.